The Morgan fingerprint density at radius 1 is 1.21 bits per heavy atom. The molecule has 0 bridgehead atoms. The zero-order valence-corrected chi connectivity index (χ0v) is 12.3. The van der Waals surface area contributed by atoms with Crippen molar-refractivity contribution in [2.24, 2.45) is 0 Å². The molecule has 0 aromatic carbocycles. The van der Waals surface area contributed by atoms with Crippen LogP contribution in [0.5, 0.6) is 5.88 Å². The summed E-state index contributed by atoms with van der Waals surface area (Å²) in [6.07, 6.45) is 4.04. The van der Waals surface area contributed by atoms with E-state index in [2.05, 4.69) is 9.97 Å². The molecule has 0 amide bonds. The predicted octanol–water partition coefficient (Wildman–Crippen LogP) is 2.75. The van der Waals surface area contributed by atoms with Crippen molar-refractivity contribution in [1.29, 1.82) is 0 Å². The highest BCUT2D eigenvalue weighted by molar-refractivity contribution is 7.86. The van der Waals surface area contributed by atoms with Crippen LogP contribution >= 0.6 is 11.6 Å². The number of hydrogen-bond donors (Lipinski definition) is 0. The van der Waals surface area contributed by atoms with Gasteiger partial charge in [0.25, 0.3) is 0 Å². The summed E-state index contributed by atoms with van der Waals surface area (Å²) in [6.45, 7) is 4.03. The molecule has 102 valence electrons. The first-order valence-corrected chi connectivity index (χ1v) is 7.81. The van der Waals surface area contributed by atoms with Gasteiger partial charge in [0.15, 0.2) is 0 Å². The van der Waals surface area contributed by atoms with Crippen LogP contribution < -0.4 is 4.18 Å². The molecule has 0 spiro atoms. The molecule has 2 aromatic heterocycles. The lowest BCUT2D eigenvalue weighted by molar-refractivity contribution is 0.486. The third-order valence-corrected chi connectivity index (χ3v) is 3.25. The maximum Gasteiger partial charge on any atom is 0.307 e. The quantitative estimate of drug-likeness (QED) is 0.644. The van der Waals surface area contributed by atoms with Gasteiger partial charge in [-0.3, -0.25) is 0 Å². The molecule has 0 aliphatic rings. The van der Waals surface area contributed by atoms with Crippen LogP contribution in [0.4, 0.5) is 0 Å². The zero-order chi connectivity index (χ0) is 14.2. The number of halogens is 1. The molecular formula is C12H13ClN2O3S. The highest BCUT2D eigenvalue weighted by Crippen LogP contribution is 2.31. The number of aromatic nitrogens is 2. The monoisotopic (exact) mass is 300 g/mol. The maximum absolute atomic E-state index is 11.2. The molecule has 19 heavy (non-hydrogen) atoms. The summed E-state index contributed by atoms with van der Waals surface area (Å²) >= 11 is 5.89. The van der Waals surface area contributed by atoms with Crippen molar-refractivity contribution in [3.05, 3.63) is 29.2 Å². The van der Waals surface area contributed by atoms with Crippen LogP contribution in [0.3, 0.4) is 0 Å². The molecule has 0 saturated carbocycles. The average Bonchev–Trinajstić information content (AvgIpc) is 2.26. The second kappa shape index (κ2) is 4.94. The van der Waals surface area contributed by atoms with Crippen molar-refractivity contribution >= 4 is 32.5 Å². The summed E-state index contributed by atoms with van der Waals surface area (Å²) in [6, 6.07) is 1.68. The predicted molar refractivity (Wildman–Crippen MR) is 74.1 cm³/mol. The van der Waals surface area contributed by atoms with Crippen LogP contribution in [0.1, 0.15) is 25.3 Å². The van der Waals surface area contributed by atoms with Crippen molar-refractivity contribution in [1.82, 2.24) is 9.97 Å². The van der Waals surface area contributed by atoms with Gasteiger partial charge in [-0.15, -0.1) is 0 Å². The minimum atomic E-state index is -3.64. The van der Waals surface area contributed by atoms with E-state index in [1.54, 1.807) is 12.3 Å². The van der Waals surface area contributed by atoms with Gasteiger partial charge >= 0.3 is 10.1 Å². The van der Waals surface area contributed by atoms with Crippen LogP contribution in [0, 0.1) is 0 Å². The molecule has 5 nitrogen and oxygen atoms in total. The number of nitrogens with zero attached hydrogens (tertiary/aromatic N) is 2. The summed E-state index contributed by atoms with van der Waals surface area (Å²) in [5, 5.41) is 1.66. The van der Waals surface area contributed by atoms with E-state index in [-0.39, 0.29) is 11.8 Å². The second-order valence-electron chi connectivity index (χ2n) is 4.51. The first-order chi connectivity index (χ1) is 8.78. The van der Waals surface area contributed by atoms with Gasteiger partial charge in [0.2, 0.25) is 5.88 Å². The minimum Gasteiger partial charge on any atom is -0.361 e. The van der Waals surface area contributed by atoms with E-state index in [1.165, 1.54) is 6.20 Å². The fourth-order valence-corrected chi connectivity index (χ4v) is 2.35. The van der Waals surface area contributed by atoms with E-state index in [0.717, 1.165) is 17.2 Å². The van der Waals surface area contributed by atoms with E-state index >= 15 is 0 Å². The molecular weight excluding hydrogens is 288 g/mol. The summed E-state index contributed by atoms with van der Waals surface area (Å²) in [5.41, 5.74) is 0.958. The Labute approximate surface area is 116 Å². The Hall–Kier alpha value is -1.40. The van der Waals surface area contributed by atoms with Gasteiger partial charge in [-0.1, -0.05) is 25.4 Å². The molecule has 0 atom stereocenters. The smallest absolute Gasteiger partial charge is 0.307 e. The topological polar surface area (TPSA) is 69.2 Å². The summed E-state index contributed by atoms with van der Waals surface area (Å²) in [7, 11) is -3.64. The third kappa shape index (κ3) is 3.13. The Kier molecular flexibility index (Phi) is 3.64. The van der Waals surface area contributed by atoms with Crippen LogP contribution in [-0.2, 0) is 10.1 Å². The molecule has 2 rings (SSSR count). The molecule has 2 aromatic rings. The Morgan fingerprint density at radius 3 is 2.47 bits per heavy atom. The zero-order valence-electron chi connectivity index (χ0n) is 10.7. The molecule has 2 heterocycles. The lowest BCUT2D eigenvalue weighted by Crippen LogP contribution is -2.08. The SMILES string of the molecule is CC(C)c1cnc(OS(C)(=O)=O)c2cnc(Cl)cc12. The molecule has 0 unspecified atom stereocenters. The van der Waals surface area contributed by atoms with Gasteiger partial charge in [-0.25, -0.2) is 9.97 Å². The molecule has 0 radical (unpaired) electrons. The van der Waals surface area contributed by atoms with Gasteiger partial charge < -0.3 is 4.18 Å². The van der Waals surface area contributed by atoms with Crippen LogP contribution in [0.15, 0.2) is 18.5 Å². The second-order valence-corrected chi connectivity index (χ2v) is 6.48. The molecule has 0 fully saturated rings. The minimum absolute atomic E-state index is 0.0195. The van der Waals surface area contributed by atoms with Crippen molar-refractivity contribution in [2.45, 2.75) is 19.8 Å². The van der Waals surface area contributed by atoms with Crippen LogP contribution in [0.2, 0.25) is 5.15 Å². The fraction of sp³-hybridized carbons (Fsp3) is 0.333. The first-order valence-electron chi connectivity index (χ1n) is 5.61. The Bertz CT molecular complexity index is 729. The van der Waals surface area contributed by atoms with Gasteiger partial charge in [-0.05, 0) is 22.9 Å². The lowest BCUT2D eigenvalue weighted by Gasteiger charge is -2.12. The Balaban J connectivity index is 2.73. The number of pyridine rings is 2. The number of hydrogen-bond acceptors (Lipinski definition) is 5. The molecule has 0 N–H and O–H groups in total. The third-order valence-electron chi connectivity index (χ3n) is 2.59. The summed E-state index contributed by atoms with van der Waals surface area (Å²) in [5.74, 6) is 0.242. The largest absolute Gasteiger partial charge is 0.361 e. The van der Waals surface area contributed by atoms with Gasteiger partial charge in [0.1, 0.15) is 5.15 Å². The summed E-state index contributed by atoms with van der Waals surface area (Å²) < 4.78 is 27.3. The molecule has 0 aliphatic carbocycles. The van der Waals surface area contributed by atoms with E-state index in [4.69, 9.17) is 15.8 Å². The molecule has 7 heteroatoms. The van der Waals surface area contributed by atoms with E-state index < -0.39 is 10.1 Å². The van der Waals surface area contributed by atoms with Crippen molar-refractivity contribution in [3.63, 3.8) is 0 Å². The van der Waals surface area contributed by atoms with Gasteiger partial charge in [0.05, 0.1) is 11.6 Å². The lowest BCUT2D eigenvalue weighted by atomic mass is 10.00. The van der Waals surface area contributed by atoms with E-state index in [1.807, 2.05) is 13.8 Å². The normalized spacial score (nSPS) is 12.1. The average molecular weight is 301 g/mol. The Morgan fingerprint density at radius 2 is 1.89 bits per heavy atom. The van der Waals surface area contributed by atoms with Crippen molar-refractivity contribution < 1.29 is 12.6 Å². The molecule has 0 aliphatic heterocycles. The highest BCUT2D eigenvalue weighted by Gasteiger charge is 2.15. The van der Waals surface area contributed by atoms with Gasteiger partial charge in [0, 0.05) is 12.4 Å². The molecule has 0 saturated heterocycles. The van der Waals surface area contributed by atoms with Crippen LogP contribution in [-0.4, -0.2) is 24.6 Å². The highest BCUT2D eigenvalue weighted by atomic mass is 35.5. The van der Waals surface area contributed by atoms with Crippen molar-refractivity contribution in [2.75, 3.05) is 6.26 Å². The van der Waals surface area contributed by atoms with E-state index in [9.17, 15) is 8.42 Å². The number of rotatable bonds is 3. The summed E-state index contributed by atoms with van der Waals surface area (Å²) in [4.78, 5) is 8.01. The van der Waals surface area contributed by atoms with Crippen LogP contribution in [0.25, 0.3) is 10.8 Å². The fourth-order valence-electron chi connectivity index (χ4n) is 1.78. The first kappa shape index (κ1) is 14.0. The number of fused-ring (bicyclic) bond motifs is 1. The van der Waals surface area contributed by atoms with Gasteiger partial charge in [-0.2, -0.15) is 8.42 Å². The van der Waals surface area contributed by atoms with E-state index in [0.29, 0.717) is 10.5 Å². The maximum atomic E-state index is 11.2. The van der Waals surface area contributed by atoms with Crippen molar-refractivity contribution in [3.8, 4) is 5.88 Å². The standard InChI is InChI=1S/C12H13ClN2O3S/c1-7(2)9-5-15-12(18-19(3,16)17)10-6-14-11(13)4-8(9)10/h4-7H,1-3H3.